The Labute approximate surface area is 108 Å². The second kappa shape index (κ2) is 6.45. The molecule has 1 atom stereocenters. The summed E-state index contributed by atoms with van der Waals surface area (Å²) < 4.78 is 4.16. The molecule has 1 aromatic heterocycles. The van der Waals surface area contributed by atoms with Crippen molar-refractivity contribution in [1.82, 2.24) is 14.9 Å². The number of aryl methyl sites for hydroxylation is 1. The highest BCUT2D eigenvalue weighted by molar-refractivity contribution is 7.05. The summed E-state index contributed by atoms with van der Waals surface area (Å²) in [6.45, 7) is 5.54. The van der Waals surface area contributed by atoms with Crippen molar-refractivity contribution in [2.45, 2.75) is 58.4 Å². The Bertz CT molecular complexity index is 333. The van der Waals surface area contributed by atoms with Gasteiger partial charge in [-0.3, -0.25) is 0 Å². The molecule has 3 nitrogen and oxygen atoms in total. The summed E-state index contributed by atoms with van der Waals surface area (Å²) >= 11 is 1.60. The molecule has 2 rings (SSSR count). The molecule has 17 heavy (non-hydrogen) atoms. The minimum atomic E-state index is 0.519. The Balaban J connectivity index is 2.09. The quantitative estimate of drug-likeness (QED) is 0.810. The number of hydrogen-bond acceptors (Lipinski definition) is 4. The van der Waals surface area contributed by atoms with E-state index >= 15 is 0 Å². The molecule has 96 valence electrons. The average Bonchev–Trinajstić information content (AvgIpc) is 2.70. The van der Waals surface area contributed by atoms with Crippen LogP contribution >= 0.6 is 11.5 Å². The molecule has 1 aliphatic rings. The molecule has 0 spiro atoms. The fourth-order valence-corrected chi connectivity index (χ4v) is 3.27. The number of nitrogens with one attached hydrogen (secondary N) is 1. The Morgan fingerprint density at radius 2 is 2.18 bits per heavy atom. The highest BCUT2D eigenvalue weighted by atomic mass is 32.1. The maximum absolute atomic E-state index is 4.30. The van der Waals surface area contributed by atoms with Crippen molar-refractivity contribution in [3.8, 4) is 0 Å². The minimum Gasteiger partial charge on any atom is -0.309 e. The molecule has 0 bridgehead atoms. The number of nitrogens with zero attached hydrogens (tertiary/aromatic N) is 2. The third-order valence-corrected chi connectivity index (χ3v) is 4.44. The molecule has 1 N–H and O–H groups in total. The second-order valence-electron chi connectivity index (χ2n) is 4.96. The molecule has 0 saturated heterocycles. The van der Waals surface area contributed by atoms with E-state index in [1.807, 2.05) is 0 Å². The predicted molar refractivity (Wildman–Crippen MR) is 72.3 cm³/mol. The van der Waals surface area contributed by atoms with E-state index in [4.69, 9.17) is 0 Å². The second-order valence-corrected chi connectivity index (χ2v) is 5.74. The maximum Gasteiger partial charge on any atom is 0.0803 e. The van der Waals surface area contributed by atoms with Crippen molar-refractivity contribution in [2.24, 2.45) is 5.92 Å². The van der Waals surface area contributed by atoms with Gasteiger partial charge in [0.1, 0.15) is 0 Å². The van der Waals surface area contributed by atoms with Gasteiger partial charge < -0.3 is 5.32 Å². The van der Waals surface area contributed by atoms with Crippen LogP contribution in [0.4, 0.5) is 0 Å². The van der Waals surface area contributed by atoms with Gasteiger partial charge in [-0.15, -0.1) is 5.10 Å². The smallest absolute Gasteiger partial charge is 0.0803 e. The van der Waals surface area contributed by atoms with Crippen molar-refractivity contribution in [2.75, 3.05) is 6.54 Å². The van der Waals surface area contributed by atoms with Gasteiger partial charge in [-0.2, -0.15) is 0 Å². The molecule has 1 fully saturated rings. The zero-order valence-electron chi connectivity index (χ0n) is 10.9. The van der Waals surface area contributed by atoms with Crippen LogP contribution < -0.4 is 5.32 Å². The fraction of sp³-hybridized carbons (Fsp3) is 0.846. The van der Waals surface area contributed by atoms with Gasteiger partial charge in [0.2, 0.25) is 0 Å². The van der Waals surface area contributed by atoms with Crippen molar-refractivity contribution >= 4 is 11.5 Å². The lowest BCUT2D eigenvalue weighted by molar-refractivity contribution is 0.233. The maximum atomic E-state index is 4.30. The predicted octanol–water partition coefficient (Wildman–Crippen LogP) is 3.33. The van der Waals surface area contributed by atoms with E-state index in [1.54, 1.807) is 11.5 Å². The minimum absolute atomic E-state index is 0.519. The number of aromatic nitrogens is 2. The summed E-state index contributed by atoms with van der Waals surface area (Å²) in [7, 11) is 0. The summed E-state index contributed by atoms with van der Waals surface area (Å²) in [5.41, 5.74) is 1.23. The van der Waals surface area contributed by atoms with Gasteiger partial charge in [-0.1, -0.05) is 31.2 Å². The van der Waals surface area contributed by atoms with Crippen LogP contribution in [0.2, 0.25) is 0 Å². The van der Waals surface area contributed by atoms with E-state index < -0.39 is 0 Å². The van der Waals surface area contributed by atoms with Crippen molar-refractivity contribution < 1.29 is 0 Å². The normalized spacial score (nSPS) is 18.0. The zero-order chi connectivity index (χ0) is 12.1. The molecule has 0 aliphatic heterocycles. The van der Waals surface area contributed by atoms with Crippen LogP contribution in [0.15, 0.2) is 0 Å². The van der Waals surface area contributed by atoms with E-state index in [0.717, 1.165) is 25.3 Å². The molecule has 1 aromatic rings. The molecular weight excluding hydrogens is 230 g/mol. The summed E-state index contributed by atoms with van der Waals surface area (Å²) in [4.78, 5) is 1.41. The van der Waals surface area contributed by atoms with Crippen LogP contribution in [-0.2, 0) is 6.42 Å². The largest absolute Gasteiger partial charge is 0.309 e. The van der Waals surface area contributed by atoms with Crippen LogP contribution in [-0.4, -0.2) is 16.1 Å². The molecule has 1 saturated carbocycles. The molecule has 0 amide bonds. The number of hydrogen-bond donors (Lipinski definition) is 1. The van der Waals surface area contributed by atoms with Gasteiger partial charge in [0.15, 0.2) is 0 Å². The summed E-state index contributed by atoms with van der Waals surface area (Å²) in [5.74, 6) is 0.819. The molecule has 4 heteroatoms. The van der Waals surface area contributed by atoms with Crippen LogP contribution in [0.25, 0.3) is 0 Å². The lowest BCUT2D eigenvalue weighted by atomic mass is 9.78. The Hall–Kier alpha value is -0.480. The van der Waals surface area contributed by atoms with Gasteiger partial charge >= 0.3 is 0 Å². The van der Waals surface area contributed by atoms with Crippen LogP contribution in [0.3, 0.4) is 0 Å². The zero-order valence-corrected chi connectivity index (χ0v) is 11.7. The van der Waals surface area contributed by atoms with Crippen molar-refractivity contribution in [3.05, 3.63) is 10.6 Å². The van der Waals surface area contributed by atoms with E-state index in [9.17, 15) is 0 Å². The first-order chi connectivity index (χ1) is 8.36. The summed E-state index contributed by atoms with van der Waals surface area (Å²) in [6.07, 6.45) is 7.55. The molecule has 1 aliphatic carbocycles. The van der Waals surface area contributed by atoms with Crippen LogP contribution in [0, 0.1) is 5.92 Å². The third-order valence-electron chi connectivity index (χ3n) is 3.59. The van der Waals surface area contributed by atoms with Gasteiger partial charge in [0.05, 0.1) is 10.6 Å². The standard InChI is InChI=1S/C13H23N3S/c1-3-6-11-13(17-16-15-11)12(14-9-4-2)10-7-5-8-10/h10,12,14H,3-9H2,1-2H3. The Morgan fingerprint density at radius 3 is 2.76 bits per heavy atom. The molecule has 0 radical (unpaired) electrons. The molecular formula is C13H23N3S. The van der Waals surface area contributed by atoms with E-state index in [1.165, 1.54) is 36.3 Å². The highest BCUT2D eigenvalue weighted by Crippen LogP contribution is 2.39. The third kappa shape index (κ3) is 3.05. The molecule has 1 unspecified atom stereocenters. The monoisotopic (exact) mass is 253 g/mol. The van der Waals surface area contributed by atoms with E-state index in [-0.39, 0.29) is 0 Å². The first kappa shape index (κ1) is 13.0. The van der Waals surface area contributed by atoms with Crippen molar-refractivity contribution in [1.29, 1.82) is 0 Å². The van der Waals surface area contributed by atoms with Crippen LogP contribution in [0.5, 0.6) is 0 Å². The first-order valence-corrected chi connectivity index (χ1v) is 7.68. The van der Waals surface area contributed by atoms with E-state index in [2.05, 4.69) is 28.8 Å². The van der Waals surface area contributed by atoms with Crippen LogP contribution in [0.1, 0.15) is 62.6 Å². The van der Waals surface area contributed by atoms with Gasteiger partial charge in [-0.25, -0.2) is 0 Å². The lowest BCUT2D eigenvalue weighted by Gasteiger charge is -2.34. The lowest BCUT2D eigenvalue weighted by Crippen LogP contribution is -2.32. The molecule has 1 heterocycles. The summed E-state index contributed by atoms with van der Waals surface area (Å²) in [6, 6.07) is 0.519. The average molecular weight is 253 g/mol. The summed E-state index contributed by atoms with van der Waals surface area (Å²) in [5, 5.41) is 8.01. The highest BCUT2D eigenvalue weighted by Gasteiger charge is 2.31. The topological polar surface area (TPSA) is 37.8 Å². The van der Waals surface area contributed by atoms with Crippen molar-refractivity contribution in [3.63, 3.8) is 0 Å². The number of rotatable bonds is 7. The Morgan fingerprint density at radius 1 is 1.35 bits per heavy atom. The molecule has 0 aromatic carbocycles. The van der Waals surface area contributed by atoms with E-state index in [0.29, 0.717) is 6.04 Å². The fourth-order valence-electron chi connectivity index (χ4n) is 2.41. The van der Waals surface area contributed by atoms with Gasteiger partial charge in [-0.05, 0) is 49.7 Å². The Kier molecular flexibility index (Phi) is 4.92. The van der Waals surface area contributed by atoms with Gasteiger partial charge in [0.25, 0.3) is 0 Å². The van der Waals surface area contributed by atoms with Gasteiger partial charge in [0, 0.05) is 6.04 Å². The SMILES string of the molecule is CCCNC(c1snnc1CCC)C1CCC1. The first-order valence-electron chi connectivity index (χ1n) is 6.91.